The molecule has 1 aromatic rings. The van der Waals surface area contributed by atoms with E-state index >= 15 is 0 Å². The number of aromatic nitrogens is 2. The minimum absolute atomic E-state index is 0.156. The molecule has 13 heavy (non-hydrogen) atoms. The average Bonchev–Trinajstić information content (AvgIpc) is 2.49. The van der Waals surface area contributed by atoms with E-state index in [2.05, 4.69) is 16.5 Å². The summed E-state index contributed by atoms with van der Waals surface area (Å²) in [4.78, 5) is 4.18. The van der Waals surface area contributed by atoms with Gasteiger partial charge in [0.2, 0.25) is 0 Å². The fourth-order valence-corrected chi connectivity index (χ4v) is 1.78. The van der Waals surface area contributed by atoms with E-state index in [1.807, 2.05) is 12.5 Å². The van der Waals surface area contributed by atoms with Crippen LogP contribution in [0.15, 0.2) is 12.5 Å². The predicted octanol–water partition coefficient (Wildman–Crippen LogP) is 2.02. The lowest BCUT2D eigenvalue weighted by Crippen LogP contribution is -2.22. The monoisotopic (exact) mass is 179 g/mol. The second kappa shape index (κ2) is 3.50. The maximum atomic E-state index is 6.00. The number of nitrogens with zero attached hydrogens (tertiary/aromatic N) is 2. The molecule has 3 nitrogen and oxygen atoms in total. The summed E-state index contributed by atoms with van der Waals surface area (Å²) in [7, 11) is 0. The molecule has 1 atom stereocenters. The van der Waals surface area contributed by atoms with Crippen LogP contribution in [-0.2, 0) is 0 Å². The molecule has 0 aliphatic heterocycles. The third-order valence-electron chi connectivity index (χ3n) is 2.98. The Kier molecular flexibility index (Phi) is 2.36. The molecule has 1 aliphatic rings. The van der Waals surface area contributed by atoms with Crippen molar-refractivity contribution in [3.8, 4) is 0 Å². The van der Waals surface area contributed by atoms with Gasteiger partial charge in [0.25, 0.3) is 0 Å². The molecule has 2 rings (SSSR count). The summed E-state index contributed by atoms with van der Waals surface area (Å²) in [5, 5.41) is 0. The van der Waals surface area contributed by atoms with Crippen LogP contribution in [0.4, 0.5) is 0 Å². The zero-order valence-electron chi connectivity index (χ0n) is 8.11. The highest BCUT2D eigenvalue weighted by Crippen LogP contribution is 2.33. The van der Waals surface area contributed by atoms with Crippen molar-refractivity contribution >= 4 is 0 Å². The topological polar surface area (TPSA) is 43.8 Å². The molecule has 0 saturated heterocycles. The van der Waals surface area contributed by atoms with E-state index in [-0.39, 0.29) is 6.04 Å². The number of rotatable bonds is 3. The Morgan fingerprint density at radius 3 is 3.00 bits per heavy atom. The summed E-state index contributed by atoms with van der Waals surface area (Å²) in [6.45, 7) is 2.11. The van der Waals surface area contributed by atoms with Crippen molar-refractivity contribution in [3.05, 3.63) is 18.2 Å². The normalized spacial score (nSPS) is 19.8. The number of nitrogens with two attached hydrogens (primary N) is 1. The van der Waals surface area contributed by atoms with Crippen molar-refractivity contribution in [1.29, 1.82) is 0 Å². The molecule has 0 aromatic carbocycles. The van der Waals surface area contributed by atoms with Crippen LogP contribution in [0.3, 0.4) is 0 Å². The van der Waals surface area contributed by atoms with Gasteiger partial charge in [0.15, 0.2) is 0 Å². The minimum Gasteiger partial charge on any atom is -0.330 e. The second-order valence-corrected chi connectivity index (χ2v) is 3.83. The van der Waals surface area contributed by atoms with Crippen molar-refractivity contribution in [1.82, 2.24) is 9.55 Å². The lowest BCUT2D eigenvalue weighted by atomic mass is 9.92. The SMILES string of the molecule is CC[C@@H](N)c1cncn1C1CCC1. The Labute approximate surface area is 79.0 Å². The van der Waals surface area contributed by atoms with Gasteiger partial charge in [-0.2, -0.15) is 0 Å². The molecular weight excluding hydrogens is 162 g/mol. The van der Waals surface area contributed by atoms with E-state index in [9.17, 15) is 0 Å². The summed E-state index contributed by atoms with van der Waals surface area (Å²) in [6, 6.07) is 0.832. The Morgan fingerprint density at radius 2 is 2.46 bits per heavy atom. The third kappa shape index (κ3) is 1.48. The first kappa shape index (κ1) is 8.75. The maximum absolute atomic E-state index is 6.00. The van der Waals surface area contributed by atoms with Crippen LogP contribution in [-0.4, -0.2) is 9.55 Å². The highest BCUT2D eigenvalue weighted by atomic mass is 15.1. The highest BCUT2D eigenvalue weighted by Gasteiger charge is 2.22. The van der Waals surface area contributed by atoms with E-state index in [0.717, 1.165) is 6.42 Å². The molecule has 72 valence electrons. The van der Waals surface area contributed by atoms with Gasteiger partial charge in [-0.05, 0) is 25.7 Å². The van der Waals surface area contributed by atoms with Gasteiger partial charge in [0.1, 0.15) is 0 Å². The minimum atomic E-state index is 0.156. The van der Waals surface area contributed by atoms with Gasteiger partial charge in [-0.25, -0.2) is 4.98 Å². The third-order valence-corrected chi connectivity index (χ3v) is 2.98. The van der Waals surface area contributed by atoms with Crippen LogP contribution < -0.4 is 5.73 Å². The first-order valence-electron chi connectivity index (χ1n) is 5.10. The van der Waals surface area contributed by atoms with Crippen LogP contribution in [0.25, 0.3) is 0 Å². The van der Waals surface area contributed by atoms with Crippen LogP contribution in [0.2, 0.25) is 0 Å². The molecule has 2 N–H and O–H groups in total. The quantitative estimate of drug-likeness (QED) is 0.771. The van der Waals surface area contributed by atoms with Gasteiger partial charge < -0.3 is 10.3 Å². The molecule has 3 heteroatoms. The van der Waals surface area contributed by atoms with Crippen LogP contribution in [0.5, 0.6) is 0 Å². The fraction of sp³-hybridized carbons (Fsp3) is 0.700. The maximum Gasteiger partial charge on any atom is 0.0951 e. The Hall–Kier alpha value is -0.830. The Balaban J connectivity index is 2.19. The first-order chi connectivity index (χ1) is 6.33. The molecule has 0 unspecified atom stereocenters. The molecular formula is C10H17N3. The molecule has 1 fully saturated rings. The van der Waals surface area contributed by atoms with E-state index in [0.29, 0.717) is 6.04 Å². The fourth-order valence-electron chi connectivity index (χ4n) is 1.78. The van der Waals surface area contributed by atoms with Crippen molar-refractivity contribution in [2.45, 2.75) is 44.7 Å². The van der Waals surface area contributed by atoms with E-state index in [1.54, 1.807) is 0 Å². The number of hydrogen-bond acceptors (Lipinski definition) is 2. The lowest BCUT2D eigenvalue weighted by molar-refractivity contribution is 0.302. The smallest absolute Gasteiger partial charge is 0.0951 e. The van der Waals surface area contributed by atoms with Gasteiger partial charge in [0.05, 0.1) is 12.0 Å². The van der Waals surface area contributed by atoms with E-state index < -0.39 is 0 Å². The first-order valence-corrected chi connectivity index (χ1v) is 5.10. The molecule has 1 aromatic heterocycles. The zero-order valence-corrected chi connectivity index (χ0v) is 8.11. The van der Waals surface area contributed by atoms with E-state index in [4.69, 9.17) is 5.73 Å². The van der Waals surface area contributed by atoms with Gasteiger partial charge in [-0.1, -0.05) is 6.92 Å². The Morgan fingerprint density at radius 1 is 1.69 bits per heavy atom. The number of imidazole rings is 1. The number of hydrogen-bond donors (Lipinski definition) is 1. The second-order valence-electron chi connectivity index (χ2n) is 3.83. The predicted molar refractivity (Wildman–Crippen MR) is 52.3 cm³/mol. The van der Waals surface area contributed by atoms with Crippen molar-refractivity contribution in [3.63, 3.8) is 0 Å². The molecule has 1 heterocycles. The van der Waals surface area contributed by atoms with Gasteiger partial charge in [-0.15, -0.1) is 0 Å². The molecule has 0 bridgehead atoms. The highest BCUT2D eigenvalue weighted by molar-refractivity contribution is 5.06. The zero-order chi connectivity index (χ0) is 9.26. The van der Waals surface area contributed by atoms with Gasteiger partial charge in [-0.3, -0.25) is 0 Å². The van der Waals surface area contributed by atoms with Crippen molar-refractivity contribution in [2.75, 3.05) is 0 Å². The van der Waals surface area contributed by atoms with E-state index in [1.165, 1.54) is 25.0 Å². The average molecular weight is 179 g/mol. The van der Waals surface area contributed by atoms with Crippen LogP contribution >= 0.6 is 0 Å². The van der Waals surface area contributed by atoms with Gasteiger partial charge in [0, 0.05) is 18.3 Å². The standard InChI is InChI=1S/C10H17N3/c1-2-9(11)10-6-12-7-13(10)8-4-3-5-8/h6-9H,2-5,11H2,1H3/t9-/m1/s1. The van der Waals surface area contributed by atoms with Gasteiger partial charge >= 0.3 is 0 Å². The lowest BCUT2D eigenvalue weighted by Gasteiger charge is -2.29. The summed E-state index contributed by atoms with van der Waals surface area (Å²) in [6.07, 6.45) is 8.75. The summed E-state index contributed by atoms with van der Waals surface area (Å²) in [5.41, 5.74) is 7.20. The molecule has 0 radical (unpaired) electrons. The molecule has 1 aliphatic carbocycles. The largest absolute Gasteiger partial charge is 0.330 e. The molecule has 1 saturated carbocycles. The molecule has 0 spiro atoms. The van der Waals surface area contributed by atoms with Crippen molar-refractivity contribution < 1.29 is 0 Å². The van der Waals surface area contributed by atoms with Crippen LogP contribution in [0.1, 0.15) is 50.4 Å². The summed E-state index contributed by atoms with van der Waals surface area (Å²) in [5.74, 6) is 0. The molecule has 0 amide bonds. The van der Waals surface area contributed by atoms with Crippen molar-refractivity contribution in [2.24, 2.45) is 5.73 Å². The summed E-state index contributed by atoms with van der Waals surface area (Å²) >= 11 is 0. The Bertz CT molecular complexity index is 256. The van der Waals surface area contributed by atoms with Crippen LogP contribution in [0, 0.1) is 0 Å². The summed E-state index contributed by atoms with van der Waals surface area (Å²) < 4.78 is 2.26.